The van der Waals surface area contributed by atoms with Crippen LogP contribution in [0, 0.1) is 10.5 Å². The molecule has 0 saturated carbocycles. The van der Waals surface area contributed by atoms with Gasteiger partial charge in [-0.3, -0.25) is 0 Å². The molecule has 1 N–H and O–H groups in total. The molecule has 0 aliphatic heterocycles. The van der Waals surface area contributed by atoms with Gasteiger partial charge in [0.1, 0.15) is 0 Å². The molecule has 1 aromatic carbocycles. The largest absolute Gasteiger partial charge is 0.478 e. The van der Waals surface area contributed by atoms with Crippen molar-refractivity contribution >= 4 is 44.5 Å². The van der Waals surface area contributed by atoms with Gasteiger partial charge in [-0.25, -0.2) is 4.79 Å². The van der Waals surface area contributed by atoms with Crippen molar-refractivity contribution in [1.82, 2.24) is 0 Å². The average Bonchev–Trinajstić information content (AvgIpc) is 1.96. The molecule has 1 rings (SSSR count). The molecular weight excluding hydrogens is 335 g/mol. The van der Waals surface area contributed by atoms with Crippen molar-refractivity contribution in [2.45, 2.75) is 6.92 Å². The van der Waals surface area contributed by atoms with Crippen molar-refractivity contribution in [3.05, 3.63) is 31.3 Å². The summed E-state index contributed by atoms with van der Waals surface area (Å²) in [4.78, 5) is 10.7. The Hall–Kier alpha value is -0.100. The van der Waals surface area contributed by atoms with Crippen LogP contribution in [0.5, 0.6) is 0 Å². The van der Waals surface area contributed by atoms with E-state index in [1.165, 1.54) is 0 Å². The van der Waals surface area contributed by atoms with Gasteiger partial charge in [-0.05, 0) is 63.1 Å². The summed E-state index contributed by atoms with van der Waals surface area (Å²) in [5.41, 5.74) is 1.29. The zero-order valence-electron chi connectivity index (χ0n) is 6.27. The molecule has 1 aromatic rings. The predicted molar refractivity (Wildman–Crippen MR) is 58.6 cm³/mol. The standard InChI is InChI=1S/C8H6BrIO2/c1-4-2-5(8(11)12)7(10)6(9)3-4/h2-3H,1H3,(H,11,12). The summed E-state index contributed by atoms with van der Waals surface area (Å²) < 4.78 is 1.58. The fourth-order valence-electron chi connectivity index (χ4n) is 0.880. The lowest BCUT2D eigenvalue weighted by Gasteiger charge is -2.02. The highest BCUT2D eigenvalue weighted by Crippen LogP contribution is 2.24. The number of aryl methyl sites for hydroxylation is 1. The number of carboxylic acids is 1. The fourth-order valence-corrected chi connectivity index (χ4v) is 2.00. The second kappa shape index (κ2) is 3.74. The Morgan fingerprint density at radius 3 is 2.67 bits per heavy atom. The maximum Gasteiger partial charge on any atom is 0.336 e. The van der Waals surface area contributed by atoms with Crippen molar-refractivity contribution in [2.75, 3.05) is 0 Å². The molecule has 64 valence electrons. The molecule has 0 unspecified atom stereocenters. The van der Waals surface area contributed by atoms with E-state index in [0.717, 1.165) is 13.6 Å². The summed E-state index contributed by atoms with van der Waals surface area (Å²) in [6.07, 6.45) is 0. The number of carboxylic acid groups (broad SMARTS) is 1. The first kappa shape index (κ1) is 9.98. The quantitative estimate of drug-likeness (QED) is 0.798. The Labute approximate surface area is 92.2 Å². The van der Waals surface area contributed by atoms with Crippen LogP contribution in [0.25, 0.3) is 0 Å². The zero-order chi connectivity index (χ0) is 9.30. The molecule has 0 aromatic heterocycles. The van der Waals surface area contributed by atoms with Crippen molar-refractivity contribution < 1.29 is 9.90 Å². The highest BCUT2D eigenvalue weighted by atomic mass is 127. The molecule has 4 heteroatoms. The van der Waals surface area contributed by atoms with Gasteiger partial charge in [0.15, 0.2) is 0 Å². The average molecular weight is 341 g/mol. The molecule has 0 spiro atoms. The molecule has 0 heterocycles. The third-order valence-corrected chi connectivity index (χ3v) is 3.93. The van der Waals surface area contributed by atoms with Crippen molar-refractivity contribution in [1.29, 1.82) is 0 Å². The topological polar surface area (TPSA) is 37.3 Å². The lowest BCUT2D eigenvalue weighted by atomic mass is 10.1. The summed E-state index contributed by atoms with van der Waals surface area (Å²) in [7, 11) is 0. The highest BCUT2D eigenvalue weighted by Gasteiger charge is 2.10. The van der Waals surface area contributed by atoms with E-state index in [9.17, 15) is 4.79 Å². The second-order valence-corrected chi connectivity index (χ2v) is 4.35. The Kier molecular flexibility index (Phi) is 3.11. The van der Waals surface area contributed by atoms with E-state index in [2.05, 4.69) is 15.9 Å². The minimum absolute atomic E-state index is 0.350. The van der Waals surface area contributed by atoms with E-state index in [0.29, 0.717) is 5.56 Å². The van der Waals surface area contributed by atoms with Crippen LogP contribution in [0.15, 0.2) is 16.6 Å². The molecule has 0 fully saturated rings. The molecule has 0 aliphatic rings. The van der Waals surface area contributed by atoms with E-state index in [4.69, 9.17) is 5.11 Å². The monoisotopic (exact) mass is 340 g/mol. The Bertz CT molecular complexity index is 336. The maximum atomic E-state index is 10.7. The molecule has 0 aliphatic carbocycles. The minimum atomic E-state index is -0.885. The molecular formula is C8H6BrIO2. The molecule has 0 saturated heterocycles. The van der Waals surface area contributed by atoms with Crippen LogP contribution in [0.1, 0.15) is 15.9 Å². The smallest absolute Gasteiger partial charge is 0.336 e. The van der Waals surface area contributed by atoms with Crippen LogP contribution in [0.2, 0.25) is 0 Å². The summed E-state index contributed by atoms with van der Waals surface area (Å²) in [6.45, 7) is 1.87. The number of aromatic carboxylic acids is 1. The molecule has 2 nitrogen and oxygen atoms in total. The van der Waals surface area contributed by atoms with Gasteiger partial charge >= 0.3 is 5.97 Å². The van der Waals surface area contributed by atoms with Gasteiger partial charge in [-0.2, -0.15) is 0 Å². The normalized spacial score (nSPS) is 9.92. The van der Waals surface area contributed by atoms with Crippen LogP contribution in [0.3, 0.4) is 0 Å². The SMILES string of the molecule is Cc1cc(Br)c(I)c(C(=O)O)c1. The third kappa shape index (κ3) is 1.98. The first-order valence-electron chi connectivity index (χ1n) is 3.21. The van der Waals surface area contributed by atoms with Crippen LogP contribution in [-0.2, 0) is 0 Å². The molecule has 0 bridgehead atoms. The van der Waals surface area contributed by atoms with Crippen LogP contribution in [-0.4, -0.2) is 11.1 Å². The minimum Gasteiger partial charge on any atom is -0.478 e. The highest BCUT2D eigenvalue weighted by molar-refractivity contribution is 14.1. The predicted octanol–water partition coefficient (Wildman–Crippen LogP) is 3.06. The van der Waals surface area contributed by atoms with Crippen molar-refractivity contribution in [3.63, 3.8) is 0 Å². The molecule has 0 amide bonds. The molecule has 0 atom stereocenters. The number of benzene rings is 1. The lowest BCUT2D eigenvalue weighted by Crippen LogP contribution is -2.00. The third-order valence-electron chi connectivity index (χ3n) is 1.40. The van der Waals surface area contributed by atoms with Gasteiger partial charge in [0.2, 0.25) is 0 Å². The van der Waals surface area contributed by atoms with Gasteiger partial charge in [-0.1, -0.05) is 0 Å². The molecule has 12 heavy (non-hydrogen) atoms. The Morgan fingerprint density at radius 2 is 2.17 bits per heavy atom. The first-order valence-corrected chi connectivity index (χ1v) is 5.08. The van der Waals surface area contributed by atoms with Gasteiger partial charge < -0.3 is 5.11 Å². The Balaban J connectivity index is 3.37. The summed E-state index contributed by atoms with van der Waals surface area (Å²) in [6, 6.07) is 3.56. The lowest BCUT2D eigenvalue weighted by molar-refractivity contribution is 0.0695. The number of hydrogen-bond acceptors (Lipinski definition) is 1. The number of carbonyl (C=O) groups is 1. The van der Waals surface area contributed by atoms with Crippen LogP contribution < -0.4 is 0 Å². The van der Waals surface area contributed by atoms with Gasteiger partial charge in [-0.15, -0.1) is 0 Å². The van der Waals surface area contributed by atoms with Crippen molar-refractivity contribution in [2.24, 2.45) is 0 Å². The van der Waals surface area contributed by atoms with E-state index in [-0.39, 0.29) is 0 Å². The second-order valence-electron chi connectivity index (χ2n) is 2.41. The fraction of sp³-hybridized carbons (Fsp3) is 0.125. The van der Waals surface area contributed by atoms with Gasteiger partial charge in [0, 0.05) is 8.04 Å². The van der Waals surface area contributed by atoms with E-state index in [1.54, 1.807) is 6.07 Å². The maximum absolute atomic E-state index is 10.7. The number of halogens is 2. The summed E-state index contributed by atoms with van der Waals surface area (Å²) in [5, 5.41) is 8.79. The van der Waals surface area contributed by atoms with E-state index >= 15 is 0 Å². The van der Waals surface area contributed by atoms with Crippen molar-refractivity contribution in [3.8, 4) is 0 Å². The van der Waals surface area contributed by atoms with Crippen LogP contribution in [0.4, 0.5) is 0 Å². The van der Waals surface area contributed by atoms with E-state index < -0.39 is 5.97 Å². The number of hydrogen-bond donors (Lipinski definition) is 1. The zero-order valence-corrected chi connectivity index (χ0v) is 10.0. The van der Waals surface area contributed by atoms with E-state index in [1.807, 2.05) is 35.6 Å². The van der Waals surface area contributed by atoms with Gasteiger partial charge in [0.25, 0.3) is 0 Å². The summed E-state index contributed by atoms with van der Waals surface area (Å²) in [5.74, 6) is -0.885. The number of rotatable bonds is 1. The van der Waals surface area contributed by atoms with Crippen LogP contribution >= 0.6 is 38.5 Å². The Morgan fingerprint density at radius 1 is 1.58 bits per heavy atom. The summed E-state index contributed by atoms with van der Waals surface area (Å²) >= 11 is 5.30. The first-order chi connectivity index (χ1) is 5.52. The molecule has 0 radical (unpaired) electrons. The van der Waals surface area contributed by atoms with Gasteiger partial charge in [0.05, 0.1) is 5.56 Å².